The van der Waals surface area contributed by atoms with Gasteiger partial charge in [-0.1, -0.05) is 0 Å². The van der Waals surface area contributed by atoms with E-state index in [9.17, 15) is 4.79 Å². The van der Waals surface area contributed by atoms with Gasteiger partial charge in [-0.3, -0.25) is 9.63 Å². The van der Waals surface area contributed by atoms with Gasteiger partial charge in [0.25, 0.3) is 0 Å². The smallest absolute Gasteiger partial charge is 1.00 e. The summed E-state index contributed by atoms with van der Waals surface area (Å²) >= 11 is 0. The van der Waals surface area contributed by atoms with Gasteiger partial charge in [-0.05, 0) is 20.8 Å². The van der Waals surface area contributed by atoms with Gasteiger partial charge in [0.2, 0.25) is 0 Å². The molecule has 2 N–H and O–H groups in total. The van der Waals surface area contributed by atoms with Crippen LogP contribution in [-0.2, 0) is 9.63 Å². The van der Waals surface area contributed by atoms with Crippen LogP contribution in [0.2, 0.25) is 0 Å². The van der Waals surface area contributed by atoms with Gasteiger partial charge in [-0.25, -0.2) is 0 Å². The van der Waals surface area contributed by atoms with Gasteiger partial charge in [0.1, 0.15) is 6.04 Å². The van der Waals surface area contributed by atoms with Crippen LogP contribution in [0.5, 0.6) is 0 Å². The van der Waals surface area contributed by atoms with E-state index in [0.29, 0.717) is 0 Å². The Hall–Kier alpha value is 0.650. The Labute approximate surface area is 99.2 Å². The van der Waals surface area contributed by atoms with Gasteiger partial charge in [0.05, 0.1) is 6.10 Å². The van der Waals surface area contributed by atoms with Crippen LogP contribution in [0.3, 0.4) is 0 Å². The number of hydrogen-bond acceptors (Lipinski definition) is 3. The largest absolute Gasteiger partial charge is 2.00 e. The van der Waals surface area contributed by atoms with E-state index in [1.165, 1.54) is 6.92 Å². The van der Waals surface area contributed by atoms with Crippen molar-refractivity contribution < 1.29 is 17.6 Å². The fraction of sp³-hybridized carbons (Fsp3) is 0.833. The second-order valence-corrected chi connectivity index (χ2v) is 2.34. The molecule has 0 aromatic carbocycles. The van der Waals surface area contributed by atoms with E-state index in [2.05, 4.69) is 5.48 Å². The number of hydrogen-bond donors (Lipinski definition) is 2. The monoisotopic (exact) mass is 189 g/mol. The Kier molecular flexibility index (Phi) is 9.43. The fourth-order valence-corrected chi connectivity index (χ4v) is 0.289. The molecular formula is C6H15CaNO3. The van der Waals surface area contributed by atoms with Gasteiger partial charge in [0.15, 0.2) is 0 Å². The van der Waals surface area contributed by atoms with Crippen LogP contribution in [0.4, 0.5) is 0 Å². The quantitative estimate of drug-likeness (QED) is 0.491. The molecule has 0 amide bonds. The molecule has 0 spiro atoms. The summed E-state index contributed by atoms with van der Waals surface area (Å²) in [7, 11) is 0. The molecule has 0 saturated carbocycles. The Morgan fingerprint density at radius 1 is 1.55 bits per heavy atom. The van der Waals surface area contributed by atoms with Crippen molar-refractivity contribution in [1.82, 2.24) is 5.48 Å². The van der Waals surface area contributed by atoms with Crippen molar-refractivity contribution in [2.24, 2.45) is 0 Å². The molecule has 0 aromatic heterocycles. The third-order valence-corrected chi connectivity index (χ3v) is 0.851. The number of nitrogens with one attached hydrogen (secondary N) is 1. The summed E-state index contributed by atoms with van der Waals surface area (Å²) in [5.74, 6) is -0.916. The van der Waals surface area contributed by atoms with Crippen molar-refractivity contribution in [1.29, 1.82) is 0 Å². The van der Waals surface area contributed by atoms with Crippen LogP contribution in [0, 0.1) is 0 Å². The molecule has 0 aliphatic rings. The summed E-state index contributed by atoms with van der Waals surface area (Å²) in [6, 6.07) is -0.651. The van der Waals surface area contributed by atoms with E-state index < -0.39 is 12.0 Å². The number of aliphatic carboxylic acids is 1. The van der Waals surface area contributed by atoms with Gasteiger partial charge in [0, 0.05) is 0 Å². The number of carbonyl (C=O) groups is 1. The SMILES string of the molecule is CC(C)ONC(C)C(=O)O.[Ca+2].[H-].[H-]. The van der Waals surface area contributed by atoms with Crippen molar-refractivity contribution in [3.8, 4) is 0 Å². The molecule has 1 unspecified atom stereocenters. The van der Waals surface area contributed by atoms with Gasteiger partial charge in [-0.15, -0.1) is 0 Å². The molecule has 0 bridgehead atoms. The third-order valence-electron chi connectivity index (χ3n) is 0.851. The van der Waals surface area contributed by atoms with Crippen LogP contribution in [0.25, 0.3) is 0 Å². The van der Waals surface area contributed by atoms with Crippen molar-refractivity contribution in [3.05, 3.63) is 0 Å². The molecule has 64 valence electrons. The third kappa shape index (κ3) is 8.56. The average molecular weight is 189 g/mol. The first-order valence-corrected chi connectivity index (χ1v) is 3.18. The van der Waals surface area contributed by atoms with E-state index in [1.54, 1.807) is 0 Å². The first-order chi connectivity index (χ1) is 4.54. The summed E-state index contributed by atoms with van der Waals surface area (Å²) in [5.41, 5.74) is 2.38. The van der Waals surface area contributed by atoms with E-state index in [0.717, 1.165) is 0 Å². The number of carboxylic acids is 1. The molecule has 0 heterocycles. The standard InChI is InChI=1S/C6H13NO3.Ca.2H/c1-4(2)10-7-5(3)6(8)9;;;/h4-5,7H,1-3H3,(H,8,9);;;/q;+2;2*-1. The van der Waals surface area contributed by atoms with Crippen molar-refractivity contribution in [2.75, 3.05) is 0 Å². The average Bonchev–Trinajstić information content (AvgIpc) is 1.82. The number of hydroxylamine groups is 1. The predicted molar refractivity (Wildman–Crippen MR) is 44.4 cm³/mol. The van der Waals surface area contributed by atoms with Crippen LogP contribution < -0.4 is 5.48 Å². The molecule has 4 nitrogen and oxygen atoms in total. The predicted octanol–water partition coefficient (Wildman–Crippen LogP) is 0.233. The normalized spacial score (nSPS) is 12.4. The summed E-state index contributed by atoms with van der Waals surface area (Å²) in [6.07, 6.45) is 0.00167. The maximum absolute atomic E-state index is 10.2. The molecule has 0 aliphatic carbocycles. The zero-order chi connectivity index (χ0) is 8.15. The van der Waals surface area contributed by atoms with Crippen LogP contribution in [0.1, 0.15) is 23.6 Å². The minimum atomic E-state index is -0.916. The zero-order valence-corrected chi connectivity index (χ0v) is 9.33. The topological polar surface area (TPSA) is 58.6 Å². The molecule has 1 atom stereocenters. The van der Waals surface area contributed by atoms with Crippen molar-refractivity contribution in [2.45, 2.75) is 32.9 Å². The van der Waals surface area contributed by atoms with E-state index in [1.807, 2.05) is 13.8 Å². The molecule has 0 radical (unpaired) electrons. The van der Waals surface area contributed by atoms with Gasteiger partial charge in [-0.2, -0.15) is 5.48 Å². The maximum Gasteiger partial charge on any atom is 2.00 e. The summed E-state index contributed by atoms with van der Waals surface area (Å²) in [4.78, 5) is 15.0. The van der Waals surface area contributed by atoms with Crippen molar-refractivity contribution >= 4 is 43.7 Å². The second kappa shape index (κ2) is 7.31. The van der Waals surface area contributed by atoms with E-state index in [4.69, 9.17) is 9.94 Å². The Morgan fingerprint density at radius 3 is 2.27 bits per heavy atom. The first-order valence-electron chi connectivity index (χ1n) is 3.18. The van der Waals surface area contributed by atoms with Crippen LogP contribution in [0.15, 0.2) is 0 Å². The molecule has 5 heteroatoms. The Bertz CT molecular complexity index is 126. The van der Waals surface area contributed by atoms with Crippen molar-refractivity contribution in [3.63, 3.8) is 0 Å². The number of rotatable bonds is 4. The van der Waals surface area contributed by atoms with Crippen LogP contribution in [-0.4, -0.2) is 61.0 Å². The summed E-state index contributed by atoms with van der Waals surface area (Å²) < 4.78 is 0. The van der Waals surface area contributed by atoms with Gasteiger partial charge >= 0.3 is 43.7 Å². The Balaban J connectivity index is -0.000000135. The summed E-state index contributed by atoms with van der Waals surface area (Å²) in [5, 5.41) is 8.35. The minimum Gasteiger partial charge on any atom is -1.00 e. The van der Waals surface area contributed by atoms with E-state index in [-0.39, 0.29) is 46.7 Å². The minimum absolute atomic E-state index is 0. The molecule has 0 aliphatic heterocycles. The first kappa shape index (κ1) is 14.2. The number of carboxylic acid groups (broad SMARTS) is 1. The molecule has 0 saturated heterocycles. The van der Waals surface area contributed by atoms with Crippen LogP contribution >= 0.6 is 0 Å². The molecule has 0 rings (SSSR count). The fourth-order valence-electron chi connectivity index (χ4n) is 0.289. The Morgan fingerprint density at radius 2 is 2.00 bits per heavy atom. The molecule has 0 fully saturated rings. The molecule has 0 aromatic rings. The maximum atomic E-state index is 10.2. The summed E-state index contributed by atoms with van der Waals surface area (Å²) in [6.45, 7) is 5.16. The zero-order valence-electron chi connectivity index (χ0n) is 9.13. The van der Waals surface area contributed by atoms with E-state index >= 15 is 0 Å². The second-order valence-electron chi connectivity index (χ2n) is 2.34. The molecular weight excluding hydrogens is 174 g/mol. The van der Waals surface area contributed by atoms with Gasteiger partial charge < -0.3 is 7.96 Å². The molecule has 11 heavy (non-hydrogen) atoms.